The van der Waals surface area contributed by atoms with Gasteiger partial charge in [0.15, 0.2) is 5.65 Å². The Morgan fingerprint density at radius 1 is 1.39 bits per heavy atom. The van der Waals surface area contributed by atoms with Crippen molar-refractivity contribution < 1.29 is 4.79 Å². The summed E-state index contributed by atoms with van der Waals surface area (Å²) in [6.45, 7) is 6.43. The molecule has 1 saturated carbocycles. The van der Waals surface area contributed by atoms with Gasteiger partial charge in [0, 0.05) is 44.3 Å². The Labute approximate surface area is 135 Å². The van der Waals surface area contributed by atoms with E-state index in [9.17, 15) is 4.79 Å². The van der Waals surface area contributed by atoms with E-state index in [1.54, 1.807) is 4.68 Å². The standard InChI is InChI=1S/C17H23N5O/c1-10-9-22(7-6-18-10)17(23)13-8-14(12-4-5-12)19-16-15(13)11(2)20-21(16)3/h8,10,12,18H,4-7,9H2,1-3H3/t10-/m1/s1. The lowest BCUT2D eigenvalue weighted by Gasteiger charge is -2.32. The van der Waals surface area contributed by atoms with Gasteiger partial charge in [-0.3, -0.25) is 9.48 Å². The maximum absolute atomic E-state index is 13.1. The van der Waals surface area contributed by atoms with E-state index in [0.29, 0.717) is 12.0 Å². The second-order valence-corrected chi connectivity index (χ2v) is 6.88. The molecular formula is C17H23N5O. The lowest BCUT2D eigenvalue weighted by atomic mass is 10.1. The molecule has 1 saturated heterocycles. The van der Waals surface area contributed by atoms with Crippen molar-refractivity contribution in [3.05, 3.63) is 23.0 Å². The number of aromatic nitrogens is 3. The number of piperazine rings is 1. The van der Waals surface area contributed by atoms with Gasteiger partial charge in [0.1, 0.15) is 0 Å². The Hall–Kier alpha value is -1.95. The SMILES string of the molecule is Cc1nn(C)c2nc(C3CC3)cc(C(=O)N3CCN[C@H](C)C3)c12. The molecule has 0 bridgehead atoms. The minimum atomic E-state index is 0.115. The zero-order chi connectivity index (χ0) is 16.1. The molecule has 2 fully saturated rings. The lowest BCUT2D eigenvalue weighted by Crippen LogP contribution is -2.51. The largest absolute Gasteiger partial charge is 0.336 e. The number of nitrogens with one attached hydrogen (secondary N) is 1. The number of fused-ring (bicyclic) bond motifs is 1. The third-order valence-corrected chi connectivity index (χ3v) is 4.87. The van der Waals surface area contributed by atoms with E-state index in [2.05, 4.69) is 17.3 Å². The summed E-state index contributed by atoms with van der Waals surface area (Å²) in [6.07, 6.45) is 2.35. The molecule has 23 heavy (non-hydrogen) atoms. The van der Waals surface area contributed by atoms with Crippen LogP contribution >= 0.6 is 0 Å². The lowest BCUT2D eigenvalue weighted by molar-refractivity contribution is 0.0711. The summed E-state index contributed by atoms with van der Waals surface area (Å²) in [4.78, 5) is 19.9. The molecule has 2 aromatic rings. The Balaban J connectivity index is 1.82. The van der Waals surface area contributed by atoms with Crippen LogP contribution in [0, 0.1) is 6.92 Å². The highest BCUT2D eigenvalue weighted by Gasteiger charge is 2.30. The van der Waals surface area contributed by atoms with Gasteiger partial charge in [-0.05, 0) is 32.8 Å². The number of rotatable bonds is 2. The first kappa shape index (κ1) is 14.6. The fourth-order valence-electron chi connectivity index (χ4n) is 3.51. The monoisotopic (exact) mass is 313 g/mol. The van der Waals surface area contributed by atoms with Crippen LogP contribution in [0.1, 0.15) is 47.4 Å². The highest BCUT2D eigenvalue weighted by Crippen LogP contribution is 2.40. The summed E-state index contributed by atoms with van der Waals surface area (Å²) in [7, 11) is 1.90. The quantitative estimate of drug-likeness (QED) is 0.914. The van der Waals surface area contributed by atoms with Crippen molar-refractivity contribution in [2.45, 2.75) is 38.6 Å². The van der Waals surface area contributed by atoms with Crippen LogP contribution in [0.2, 0.25) is 0 Å². The van der Waals surface area contributed by atoms with Crippen LogP contribution in [0.5, 0.6) is 0 Å². The first-order valence-corrected chi connectivity index (χ1v) is 8.41. The van der Waals surface area contributed by atoms with E-state index < -0.39 is 0 Å². The maximum Gasteiger partial charge on any atom is 0.254 e. The summed E-state index contributed by atoms with van der Waals surface area (Å²) in [6, 6.07) is 2.35. The van der Waals surface area contributed by atoms with Crippen molar-refractivity contribution in [1.82, 2.24) is 25.0 Å². The molecule has 1 atom stereocenters. The van der Waals surface area contributed by atoms with Gasteiger partial charge in [-0.2, -0.15) is 5.10 Å². The van der Waals surface area contributed by atoms with Gasteiger partial charge in [0.2, 0.25) is 0 Å². The van der Waals surface area contributed by atoms with E-state index in [-0.39, 0.29) is 5.91 Å². The highest BCUT2D eigenvalue weighted by molar-refractivity contribution is 6.06. The van der Waals surface area contributed by atoms with Gasteiger partial charge in [-0.25, -0.2) is 4.98 Å². The van der Waals surface area contributed by atoms with Crippen molar-refractivity contribution in [2.75, 3.05) is 19.6 Å². The molecule has 4 rings (SSSR count). The van der Waals surface area contributed by atoms with Gasteiger partial charge >= 0.3 is 0 Å². The van der Waals surface area contributed by atoms with E-state index in [1.807, 2.05) is 24.9 Å². The fraction of sp³-hybridized carbons (Fsp3) is 0.588. The van der Waals surface area contributed by atoms with E-state index in [0.717, 1.165) is 47.6 Å². The zero-order valence-electron chi connectivity index (χ0n) is 14.0. The molecule has 0 spiro atoms. The summed E-state index contributed by atoms with van der Waals surface area (Å²) < 4.78 is 1.80. The molecule has 1 aliphatic carbocycles. The number of aryl methyl sites for hydroxylation is 2. The summed E-state index contributed by atoms with van der Waals surface area (Å²) in [5, 5.41) is 8.78. The van der Waals surface area contributed by atoms with Crippen molar-refractivity contribution in [1.29, 1.82) is 0 Å². The van der Waals surface area contributed by atoms with Gasteiger partial charge in [-0.15, -0.1) is 0 Å². The average Bonchev–Trinajstić information content (AvgIpc) is 3.33. The Kier molecular flexibility index (Phi) is 3.37. The fourth-order valence-corrected chi connectivity index (χ4v) is 3.51. The predicted octanol–water partition coefficient (Wildman–Crippen LogP) is 1.59. The average molecular weight is 313 g/mol. The molecule has 1 amide bonds. The second-order valence-electron chi connectivity index (χ2n) is 6.88. The Morgan fingerprint density at radius 2 is 2.17 bits per heavy atom. The first-order valence-electron chi connectivity index (χ1n) is 8.41. The molecule has 0 unspecified atom stereocenters. The smallest absolute Gasteiger partial charge is 0.254 e. The number of pyridine rings is 1. The number of nitrogens with zero attached hydrogens (tertiary/aromatic N) is 4. The van der Waals surface area contributed by atoms with Crippen molar-refractivity contribution in [3.63, 3.8) is 0 Å². The van der Waals surface area contributed by atoms with Gasteiger partial charge in [0.25, 0.3) is 5.91 Å². The van der Waals surface area contributed by atoms with Crippen LogP contribution in [-0.4, -0.2) is 51.2 Å². The second kappa shape index (κ2) is 5.30. The number of amides is 1. The summed E-state index contributed by atoms with van der Waals surface area (Å²) in [5.41, 5.74) is 3.53. The Morgan fingerprint density at radius 3 is 2.87 bits per heavy atom. The third kappa shape index (κ3) is 2.51. The van der Waals surface area contributed by atoms with Crippen LogP contribution < -0.4 is 5.32 Å². The van der Waals surface area contributed by atoms with Crippen LogP contribution in [0.4, 0.5) is 0 Å². The van der Waals surface area contributed by atoms with Gasteiger partial charge < -0.3 is 10.2 Å². The third-order valence-electron chi connectivity index (χ3n) is 4.87. The van der Waals surface area contributed by atoms with Crippen LogP contribution in [0.15, 0.2) is 6.07 Å². The number of hydrogen-bond acceptors (Lipinski definition) is 4. The minimum Gasteiger partial charge on any atom is -0.336 e. The van der Waals surface area contributed by atoms with Crippen molar-refractivity contribution >= 4 is 16.9 Å². The number of carbonyl (C=O) groups is 1. The van der Waals surface area contributed by atoms with E-state index in [4.69, 9.17) is 4.98 Å². The summed E-state index contributed by atoms with van der Waals surface area (Å²) in [5.74, 6) is 0.631. The van der Waals surface area contributed by atoms with Crippen molar-refractivity contribution in [2.24, 2.45) is 7.05 Å². The van der Waals surface area contributed by atoms with Crippen molar-refractivity contribution in [3.8, 4) is 0 Å². The molecule has 2 aliphatic rings. The molecule has 122 valence electrons. The zero-order valence-corrected chi connectivity index (χ0v) is 14.0. The predicted molar refractivity (Wildman–Crippen MR) is 88.6 cm³/mol. The normalized spacial score (nSPS) is 21.9. The molecule has 1 N–H and O–H groups in total. The molecular weight excluding hydrogens is 290 g/mol. The number of carbonyl (C=O) groups excluding carboxylic acids is 1. The van der Waals surface area contributed by atoms with Crippen LogP contribution in [0.25, 0.3) is 11.0 Å². The molecule has 3 heterocycles. The molecule has 2 aromatic heterocycles. The van der Waals surface area contributed by atoms with E-state index in [1.165, 1.54) is 12.8 Å². The molecule has 1 aliphatic heterocycles. The molecule has 0 radical (unpaired) electrons. The minimum absolute atomic E-state index is 0.115. The maximum atomic E-state index is 13.1. The topological polar surface area (TPSA) is 63.1 Å². The molecule has 6 heteroatoms. The van der Waals surface area contributed by atoms with E-state index >= 15 is 0 Å². The van der Waals surface area contributed by atoms with Gasteiger partial charge in [-0.1, -0.05) is 0 Å². The van der Waals surface area contributed by atoms with Crippen LogP contribution in [0.3, 0.4) is 0 Å². The highest BCUT2D eigenvalue weighted by atomic mass is 16.2. The van der Waals surface area contributed by atoms with Crippen LogP contribution in [-0.2, 0) is 7.05 Å². The number of hydrogen-bond donors (Lipinski definition) is 1. The molecule has 0 aromatic carbocycles. The molecule has 6 nitrogen and oxygen atoms in total. The Bertz CT molecular complexity index is 777. The van der Waals surface area contributed by atoms with Gasteiger partial charge in [0.05, 0.1) is 16.6 Å². The summed E-state index contributed by atoms with van der Waals surface area (Å²) >= 11 is 0. The first-order chi connectivity index (χ1) is 11.0.